The number of fused-ring (bicyclic) bond motifs is 1. The first-order chi connectivity index (χ1) is 7.22. The normalized spacial score (nSPS) is 9.60. The van der Waals surface area contributed by atoms with Gasteiger partial charge in [0.15, 0.2) is 0 Å². The van der Waals surface area contributed by atoms with Crippen LogP contribution in [-0.4, -0.2) is 23.1 Å². The Morgan fingerprint density at radius 3 is 2.67 bits per heavy atom. The summed E-state index contributed by atoms with van der Waals surface area (Å²) < 4.78 is 1.79. The maximum absolute atomic E-state index is 10.5. The summed E-state index contributed by atoms with van der Waals surface area (Å²) >= 11 is 0. The predicted octanol–water partition coefficient (Wildman–Crippen LogP) is 1.27. The zero-order chi connectivity index (χ0) is 11.4. The highest BCUT2D eigenvalue weighted by Gasteiger charge is 2.04. The van der Waals surface area contributed by atoms with Crippen LogP contribution in [0.4, 0.5) is 0 Å². The van der Waals surface area contributed by atoms with E-state index in [9.17, 15) is 4.79 Å². The zero-order valence-corrected chi connectivity index (χ0v) is 9.19. The van der Waals surface area contributed by atoms with E-state index in [4.69, 9.17) is 0 Å². The minimum Gasteiger partial charge on any atom is -0.333 e. The maximum atomic E-state index is 10.5. The second-order valence-corrected chi connectivity index (χ2v) is 3.10. The molecule has 15 heavy (non-hydrogen) atoms. The Kier molecular flexibility index (Phi) is 3.57. The smallest absolute Gasteiger partial charge is 0.150 e. The van der Waals surface area contributed by atoms with Crippen LogP contribution in [0.2, 0.25) is 0 Å². The Morgan fingerprint density at radius 1 is 1.40 bits per heavy atom. The number of nitrogens with two attached hydrogens (primary N) is 1. The van der Waals surface area contributed by atoms with Gasteiger partial charge in [-0.15, -0.1) is 0 Å². The van der Waals surface area contributed by atoms with Crippen LogP contribution in [0.25, 0.3) is 10.9 Å². The van der Waals surface area contributed by atoms with Crippen LogP contribution < -0.4 is 5.73 Å². The van der Waals surface area contributed by atoms with Crippen LogP contribution in [0.5, 0.6) is 0 Å². The number of aromatic nitrogens is 2. The summed E-state index contributed by atoms with van der Waals surface area (Å²) in [6.45, 7) is 1.96. The van der Waals surface area contributed by atoms with Crippen LogP contribution in [0.3, 0.4) is 0 Å². The molecule has 0 amide bonds. The largest absolute Gasteiger partial charge is 0.333 e. The molecule has 0 saturated carbocycles. The Bertz CT molecular complexity index is 474. The van der Waals surface area contributed by atoms with Crippen LogP contribution in [0, 0.1) is 6.92 Å². The fourth-order valence-corrected chi connectivity index (χ4v) is 1.53. The molecular weight excluding hydrogens is 190 g/mol. The van der Waals surface area contributed by atoms with Crippen molar-refractivity contribution in [1.29, 1.82) is 0 Å². The fraction of sp³-hybridized carbons (Fsp3) is 0.273. The third-order valence-corrected chi connectivity index (χ3v) is 2.20. The second kappa shape index (κ2) is 4.70. The Balaban J connectivity index is 0.000000531. The van der Waals surface area contributed by atoms with Gasteiger partial charge in [-0.3, -0.25) is 9.48 Å². The van der Waals surface area contributed by atoms with Crippen molar-refractivity contribution in [1.82, 2.24) is 9.78 Å². The number of carbonyl (C=O) groups is 1. The lowest BCUT2D eigenvalue weighted by molar-refractivity contribution is 0.112. The van der Waals surface area contributed by atoms with Crippen LogP contribution in [0.1, 0.15) is 16.1 Å². The summed E-state index contributed by atoms with van der Waals surface area (Å²) in [7, 11) is 3.38. The highest BCUT2D eigenvalue weighted by molar-refractivity contribution is 5.88. The van der Waals surface area contributed by atoms with Gasteiger partial charge in [0.1, 0.15) is 6.29 Å². The molecule has 2 N–H and O–H groups in total. The molecule has 0 spiro atoms. The number of carbonyl (C=O) groups excluding carboxylic acids is 1. The van der Waals surface area contributed by atoms with Crippen LogP contribution in [0.15, 0.2) is 18.2 Å². The Hall–Kier alpha value is -1.68. The van der Waals surface area contributed by atoms with Gasteiger partial charge in [-0.1, -0.05) is 12.1 Å². The number of benzene rings is 1. The van der Waals surface area contributed by atoms with Crippen LogP contribution in [-0.2, 0) is 7.05 Å². The lowest BCUT2D eigenvalue weighted by Gasteiger charge is -1.94. The first-order valence-corrected chi connectivity index (χ1v) is 4.68. The summed E-state index contributed by atoms with van der Waals surface area (Å²) in [6.07, 6.45) is 0.849. The van der Waals surface area contributed by atoms with Crippen molar-refractivity contribution in [2.75, 3.05) is 7.05 Å². The minimum atomic E-state index is 0.690. The number of hydrogen-bond donors (Lipinski definition) is 1. The average molecular weight is 205 g/mol. The van der Waals surface area contributed by atoms with E-state index in [1.165, 1.54) is 7.05 Å². The van der Waals surface area contributed by atoms with Gasteiger partial charge in [0, 0.05) is 18.0 Å². The van der Waals surface area contributed by atoms with E-state index in [2.05, 4.69) is 10.8 Å². The van der Waals surface area contributed by atoms with Crippen molar-refractivity contribution in [3.63, 3.8) is 0 Å². The summed E-state index contributed by atoms with van der Waals surface area (Å²) in [6, 6.07) is 5.59. The predicted molar refractivity (Wildman–Crippen MR) is 60.9 cm³/mol. The van der Waals surface area contributed by atoms with Crippen molar-refractivity contribution in [3.05, 3.63) is 29.5 Å². The molecule has 0 atom stereocenters. The summed E-state index contributed by atoms with van der Waals surface area (Å²) in [5.74, 6) is 0. The average Bonchev–Trinajstić information content (AvgIpc) is 2.57. The third-order valence-electron chi connectivity index (χ3n) is 2.20. The molecule has 0 unspecified atom stereocenters. The molecule has 0 fully saturated rings. The molecule has 1 heterocycles. The molecule has 2 rings (SSSR count). The zero-order valence-electron chi connectivity index (χ0n) is 9.19. The van der Waals surface area contributed by atoms with E-state index in [1.54, 1.807) is 4.68 Å². The third kappa shape index (κ3) is 2.05. The standard InChI is InChI=1S/C10H10N2O.CH5N/c1-7-9-4-3-8(6-13)5-10(9)12(2)11-7;1-2/h3-6H,1-2H3;2H2,1H3. The molecule has 0 saturated heterocycles. The first-order valence-electron chi connectivity index (χ1n) is 4.68. The van der Waals surface area contributed by atoms with E-state index < -0.39 is 0 Å². The number of aldehydes is 1. The molecule has 1 aromatic carbocycles. The first kappa shape index (κ1) is 11.4. The molecule has 0 bridgehead atoms. The lowest BCUT2D eigenvalue weighted by atomic mass is 10.1. The summed E-state index contributed by atoms with van der Waals surface area (Å²) in [4.78, 5) is 10.5. The summed E-state index contributed by atoms with van der Waals surface area (Å²) in [5.41, 5.74) is 7.19. The SMILES string of the molecule is CN.Cc1nn(C)c2cc(C=O)ccc12. The Labute approximate surface area is 88.7 Å². The number of rotatable bonds is 1. The van der Waals surface area contributed by atoms with Crippen molar-refractivity contribution < 1.29 is 4.79 Å². The number of hydrogen-bond acceptors (Lipinski definition) is 3. The molecule has 1 aromatic heterocycles. The molecule has 0 radical (unpaired) electrons. The van der Waals surface area contributed by atoms with Gasteiger partial charge in [-0.2, -0.15) is 5.10 Å². The fourth-order valence-electron chi connectivity index (χ4n) is 1.53. The topological polar surface area (TPSA) is 60.9 Å². The number of aryl methyl sites for hydroxylation is 2. The van der Waals surface area contributed by atoms with E-state index in [1.807, 2.05) is 32.2 Å². The van der Waals surface area contributed by atoms with E-state index >= 15 is 0 Å². The molecule has 0 aliphatic rings. The van der Waals surface area contributed by atoms with E-state index in [0.717, 1.165) is 22.9 Å². The molecular formula is C11H15N3O. The Morgan fingerprint density at radius 2 is 2.07 bits per heavy atom. The van der Waals surface area contributed by atoms with Crippen molar-refractivity contribution >= 4 is 17.2 Å². The number of nitrogens with zero attached hydrogens (tertiary/aromatic N) is 2. The molecule has 0 aliphatic heterocycles. The molecule has 0 aliphatic carbocycles. The van der Waals surface area contributed by atoms with Crippen molar-refractivity contribution in [2.24, 2.45) is 12.8 Å². The van der Waals surface area contributed by atoms with E-state index in [0.29, 0.717) is 5.56 Å². The highest BCUT2D eigenvalue weighted by Crippen LogP contribution is 2.17. The van der Waals surface area contributed by atoms with Gasteiger partial charge in [-0.05, 0) is 20.0 Å². The van der Waals surface area contributed by atoms with Crippen molar-refractivity contribution in [3.8, 4) is 0 Å². The molecule has 4 nitrogen and oxygen atoms in total. The summed E-state index contributed by atoms with van der Waals surface area (Å²) in [5, 5.41) is 5.37. The lowest BCUT2D eigenvalue weighted by Crippen LogP contribution is -1.90. The van der Waals surface area contributed by atoms with Gasteiger partial charge in [-0.25, -0.2) is 0 Å². The van der Waals surface area contributed by atoms with Crippen molar-refractivity contribution in [2.45, 2.75) is 6.92 Å². The molecule has 80 valence electrons. The van der Waals surface area contributed by atoms with Gasteiger partial charge in [0.25, 0.3) is 0 Å². The quantitative estimate of drug-likeness (QED) is 0.713. The molecule has 4 heteroatoms. The van der Waals surface area contributed by atoms with E-state index in [-0.39, 0.29) is 0 Å². The van der Waals surface area contributed by atoms with Crippen LogP contribution >= 0.6 is 0 Å². The van der Waals surface area contributed by atoms with Gasteiger partial charge in [0.2, 0.25) is 0 Å². The monoisotopic (exact) mass is 205 g/mol. The van der Waals surface area contributed by atoms with Gasteiger partial charge in [0.05, 0.1) is 11.2 Å². The minimum absolute atomic E-state index is 0.690. The highest BCUT2D eigenvalue weighted by atomic mass is 16.1. The molecule has 2 aromatic rings. The van der Waals surface area contributed by atoms with Gasteiger partial charge < -0.3 is 5.73 Å². The second-order valence-electron chi connectivity index (χ2n) is 3.10. The maximum Gasteiger partial charge on any atom is 0.150 e. The van der Waals surface area contributed by atoms with Gasteiger partial charge >= 0.3 is 0 Å².